The van der Waals surface area contributed by atoms with Crippen LogP contribution in [0, 0.1) is 0 Å². The molecule has 0 radical (unpaired) electrons. The van der Waals surface area contributed by atoms with Gasteiger partial charge in [-0.1, -0.05) is 35.0 Å². The van der Waals surface area contributed by atoms with Crippen molar-refractivity contribution in [3.8, 4) is 0 Å². The average molecular weight is 333 g/mol. The van der Waals surface area contributed by atoms with Crippen molar-refractivity contribution in [2.75, 3.05) is 5.32 Å². The average Bonchev–Trinajstić information content (AvgIpc) is 2.78. The molecule has 0 aromatic carbocycles. The molecule has 106 valence electrons. The molecule has 1 amide bonds. The van der Waals surface area contributed by atoms with Crippen LogP contribution in [0.5, 0.6) is 0 Å². The number of aromatic nitrogens is 5. The van der Waals surface area contributed by atoms with E-state index in [0.717, 1.165) is 0 Å². The molecule has 0 spiro atoms. The Balaban J connectivity index is 2.02. The predicted molar refractivity (Wildman–Crippen MR) is 77.0 cm³/mol. The molecule has 7 nitrogen and oxygen atoms in total. The van der Waals surface area contributed by atoms with Crippen LogP contribution in [-0.2, 0) is 11.8 Å². The molecule has 20 heavy (non-hydrogen) atoms. The van der Waals surface area contributed by atoms with Crippen molar-refractivity contribution >= 4 is 46.7 Å². The summed E-state index contributed by atoms with van der Waals surface area (Å²) in [6, 6.07) is 1.51. The predicted octanol–water partition coefficient (Wildman–Crippen LogP) is 2.03. The zero-order valence-electron chi connectivity index (χ0n) is 10.5. The van der Waals surface area contributed by atoms with Gasteiger partial charge in [-0.05, 0) is 23.4 Å². The number of hydrogen-bond acceptors (Lipinski definition) is 6. The number of anilines is 1. The molecule has 2 aromatic heterocycles. The molecule has 2 aromatic rings. The van der Waals surface area contributed by atoms with Crippen molar-refractivity contribution in [1.82, 2.24) is 25.2 Å². The molecule has 0 aliphatic rings. The summed E-state index contributed by atoms with van der Waals surface area (Å²) in [6.07, 6.45) is 1.41. The number of tetrazole rings is 1. The van der Waals surface area contributed by atoms with Gasteiger partial charge in [-0.3, -0.25) is 4.79 Å². The molecule has 0 saturated heterocycles. The quantitative estimate of drug-likeness (QED) is 0.862. The van der Waals surface area contributed by atoms with Crippen molar-refractivity contribution in [2.45, 2.75) is 17.3 Å². The standard InChI is InChI=1S/C10H10Cl2N6OS/c1-5(20-10-15-16-17-18(10)2)9(19)14-8-7(12)3-6(11)4-13-8/h3-5H,1-2H3,(H,13,14,19)/t5-/m0/s1. The fourth-order valence-electron chi connectivity index (χ4n) is 1.26. The van der Waals surface area contributed by atoms with Crippen LogP contribution in [0.2, 0.25) is 10.0 Å². The van der Waals surface area contributed by atoms with Gasteiger partial charge < -0.3 is 5.32 Å². The first-order chi connectivity index (χ1) is 9.47. The number of hydrogen-bond donors (Lipinski definition) is 1. The summed E-state index contributed by atoms with van der Waals surface area (Å²) in [5.41, 5.74) is 0. The fourth-order valence-corrected chi connectivity index (χ4v) is 2.44. The highest BCUT2D eigenvalue weighted by molar-refractivity contribution is 8.00. The van der Waals surface area contributed by atoms with Crippen LogP contribution >= 0.6 is 35.0 Å². The van der Waals surface area contributed by atoms with Crippen LogP contribution < -0.4 is 5.32 Å². The summed E-state index contributed by atoms with van der Waals surface area (Å²) in [5, 5.41) is 14.4. The molecule has 0 fully saturated rings. The number of aryl methyl sites for hydroxylation is 1. The number of nitrogens with zero attached hydrogens (tertiary/aromatic N) is 5. The lowest BCUT2D eigenvalue weighted by molar-refractivity contribution is -0.115. The molecule has 0 aliphatic heterocycles. The fraction of sp³-hybridized carbons (Fsp3) is 0.300. The van der Waals surface area contributed by atoms with Gasteiger partial charge in [0.15, 0.2) is 5.82 Å². The minimum atomic E-state index is -0.409. The smallest absolute Gasteiger partial charge is 0.238 e. The molecule has 2 rings (SSSR count). The number of pyridine rings is 1. The van der Waals surface area contributed by atoms with Crippen LogP contribution in [-0.4, -0.2) is 36.3 Å². The highest BCUT2D eigenvalue weighted by Crippen LogP contribution is 2.25. The van der Waals surface area contributed by atoms with E-state index in [1.54, 1.807) is 14.0 Å². The van der Waals surface area contributed by atoms with Crippen LogP contribution in [0.25, 0.3) is 0 Å². The summed E-state index contributed by atoms with van der Waals surface area (Å²) < 4.78 is 1.49. The van der Waals surface area contributed by atoms with E-state index in [-0.39, 0.29) is 16.7 Å². The Morgan fingerprint density at radius 1 is 1.50 bits per heavy atom. The number of carbonyl (C=O) groups is 1. The first-order valence-corrected chi connectivity index (χ1v) is 7.12. The van der Waals surface area contributed by atoms with Crippen molar-refractivity contribution in [1.29, 1.82) is 0 Å². The topological polar surface area (TPSA) is 85.6 Å². The van der Waals surface area contributed by atoms with Crippen molar-refractivity contribution in [3.05, 3.63) is 22.3 Å². The third kappa shape index (κ3) is 3.59. The monoisotopic (exact) mass is 332 g/mol. The van der Waals surface area contributed by atoms with E-state index in [2.05, 4.69) is 25.8 Å². The van der Waals surface area contributed by atoms with Crippen LogP contribution in [0.1, 0.15) is 6.92 Å². The number of rotatable bonds is 4. The van der Waals surface area contributed by atoms with Gasteiger partial charge in [0.1, 0.15) is 0 Å². The van der Waals surface area contributed by atoms with Gasteiger partial charge in [0.2, 0.25) is 11.1 Å². The van der Waals surface area contributed by atoms with Gasteiger partial charge in [-0.2, -0.15) is 0 Å². The molecular weight excluding hydrogens is 323 g/mol. The summed E-state index contributed by atoms with van der Waals surface area (Å²) in [5.74, 6) is 0.0133. The van der Waals surface area contributed by atoms with Crippen LogP contribution in [0.4, 0.5) is 5.82 Å². The number of halogens is 2. The number of nitrogens with one attached hydrogen (secondary N) is 1. The third-order valence-corrected chi connectivity index (χ3v) is 3.90. The second-order valence-electron chi connectivity index (χ2n) is 3.82. The molecule has 0 bridgehead atoms. The molecule has 0 saturated carbocycles. The highest BCUT2D eigenvalue weighted by atomic mass is 35.5. The van der Waals surface area contributed by atoms with E-state index >= 15 is 0 Å². The lowest BCUT2D eigenvalue weighted by Crippen LogP contribution is -2.23. The Morgan fingerprint density at radius 2 is 2.25 bits per heavy atom. The Bertz CT molecular complexity index is 634. The highest BCUT2D eigenvalue weighted by Gasteiger charge is 2.19. The summed E-state index contributed by atoms with van der Waals surface area (Å²) in [7, 11) is 1.70. The van der Waals surface area contributed by atoms with E-state index in [1.807, 2.05) is 0 Å². The Morgan fingerprint density at radius 3 is 2.85 bits per heavy atom. The lowest BCUT2D eigenvalue weighted by Gasteiger charge is -2.11. The van der Waals surface area contributed by atoms with E-state index in [0.29, 0.717) is 10.2 Å². The van der Waals surface area contributed by atoms with Gasteiger partial charge in [0, 0.05) is 13.2 Å². The number of amides is 1. The Kier molecular flexibility index (Phi) is 4.79. The SMILES string of the molecule is C[C@H](Sc1nnnn1C)C(=O)Nc1ncc(Cl)cc1Cl. The molecule has 0 unspecified atom stereocenters. The minimum Gasteiger partial charge on any atom is -0.308 e. The summed E-state index contributed by atoms with van der Waals surface area (Å²) in [4.78, 5) is 16.0. The van der Waals surface area contributed by atoms with E-state index in [9.17, 15) is 4.79 Å². The van der Waals surface area contributed by atoms with Gasteiger partial charge >= 0.3 is 0 Å². The van der Waals surface area contributed by atoms with Crippen molar-refractivity contribution in [2.24, 2.45) is 7.05 Å². The maximum Gasteiger partial charge on any atom is 0.238 e. The molecule has 2 heterocycles. The first-order valence-electron chi connectivity index (χ1n) is 5.48. The van der Waals surface area contributed by atoms with Crippen molar-refractivity contribution < 1.29 is 4.79 Å². The van der Waals surface area contributed by atoms with Crippen LogP contribution in [0.3, 0.4) is 0 Å². The molecule has 1 atom stereocenters. The summed E-state index contributed by atoms with van der Waals surface area (Å²) >= 11 is 12.9. The van der Waals surface area contributed by atoms with Gasteiger partial charge in [0.25, 0.3) is 0 Å². The molecule has 1 N–H and O–H groups in total. The molecule has 0 aliphatic carbocycles. The summed E-state index contributed by atoms with van der Waals surface area (Å²) in [6.45, 7) is 1.73. The van der Waals surface area contributed by atoms with E-state index in [4.69, 9.17) is 23.2 Å². The van der Waals surface area contributed by atoms with Gasteiger partial charge in [0.05, 0.1) is 15.3 Å². The maximum atomic E-state index is 12.0. The van der Waals surface area contributed by atoms with E-state index in [1.165, 1.54) is 28.7 Å². The number of thioether (sulfide) groups is 1. The van der Waals surface area contributed by atoms with Gasteiger partial charge in [-0.15, -0.1) is 5.10 Å². The third-order valence-electron chi connectivity index (χ3n) is 2.28. The normalized spacial score (nSPS) is 12.2. The lowest BCUT2D eigenvalue weighted by atomic mass is 10.4. The zero-order valence-corrected chi connectivity index (χ0v) is 12.9. The zero-order chi connectivity index (χ0) is 14.7. The van der Waals surface area contributed by atoms with Gasteiger partial charge in [-0.25, -0.2) is 9.67 Å². The minimum absolute atomic E-state index is 0.255. The van der Waals surface area contributed by atoms with E-state index < -0.39 is 5.25 Å². The Hall–Kier alpha value is -1.38. The largest absolute Gasteiger partial charge is 0.308 e. The Labute approximate surface area is 129 Å². The number of carbonyl (C=O) groups excluding carboxylic acids is 1. The van der Waals surface area contributed by atoms with Crippen molar-refractivity contribution in [3.63, 3.8) is 0 Å². The van der Waals surface area contributed by atoms with Crippen LogP contribution in [0.15, 0.2) is 17.4 Å². The first kappa shape index (κ1) is 15.0. The molecular formula is C10H10Cl2N6OS. The second kappa shape index (κ2) is 6.38. The second-order valence-corrected chi connectivity index (χ2v) is 5.97. The molecule has 10 heteroatoms. The maximum absolute atomic E-state index is 12.0.